The van der Waals surface area contributed by atoms with E-state index in [1.165, 1.54) is 0 Å². The molecule has 2 rings (SSSR count). The number of rotatable bonds is 5. The number of hydrogen-bond donors (Lipinski definition) is 2. The maximum Gasteiger partial charge on any atom is 0.226 e. The minimum Gasteiger partial charge on any atom is -0.384 e. The van der Waals surface area contributed by atoms with Crippen LogP contribution >= 0.6 is 15.9 Å². The van der Waals surface area contributed by atoms with Crippen molar-refractivity contribution in [1.82, 2.24) is 0 Å². The first-order valence-electron chi connectivity index (χ1n) is 6.88. The molecule has 0 atom stereocenters. The van der Waals surface area contributed by atoms with Gasteiger partial charge in [0.2, 0.25) is 5.91 Å². The highest BCUT2D eigenvalue weighted by molar-refractivity contribution is 9.10. The molecular weight excluding hydrogens is 342 g/mol. The lowest BCUT2D eigenvalue weighted by Gasteiger charge is -2.09. The van der Waals surface area contributed by atoms with Crippen LogP contribution < -0.4 is 10.6 Å². The topological polar surface area (TPSA) is 64.9 Å². The van der Waals surface area contributed by atoms with Crippen molar-refractivity contribution in [1.29, 1.82) is 5.26 Å². The average Bonchev–Trinajstić information content (AvgIpc) is 2.51. The number of anilines is 2. The van der Waals surface area contributed by atoms with E-state index >= 15 is 0 Å². The van der Waals surface area contributed by atoms with Gasteiger partial charge in [-0.15, -0.1) is 0 Å². The minimum absolute atomic E-state index is 0.0558. The predicted octanol–water partition coefficient (Wildman–Crippen LogP) is 4.07. The summed E-state index contributed by atoms with van der Waals surface area (Å²) >= 11 is 3.44. The number of carbonyl (C=O) groups is 1. The van der Waals surface area contributed by atoms with Gasteiger partial charge in [0.25, 0.3) is 0 Å². The first kappa shape index (κ1) is 16.1. The van der Waals surface area contributed by atoms with Crippen molar-refractivity contribution in [2.24, 2.45) is 0 Å². The largest absolute Gasteiger partial charge is 0.384 e. The van der Waals surface area contributed by atoms with Gasteiger partial charge in [0.05, 0.1) is 11.6 Å². The van der Waals surface area contributed by atoms with Crippen molar-refractivity contribution in [3.63, 3.8) is 0 Å². The van der Waals surface area contributed by atoms with Gasteiger partial charge < -0.3 is 10.6 Å². The third-order valence-electron chi connectivity index (χ3n) is 3.13. The van der Waals surface area contributed by atoms with Crippen LogP contribution in [0.3, 0.4) is 0 Å². The van der Waals surface area contributed by atoms with Gasteiger partial charge >= 0.3 is 0 Å². The van der Waals surface area contributed by atoms with Gasteiger partial charge in [-0.2, -0.15) is 5.26 Å². The molecule has 0 aromatic heterocycles. The second-order valence-corrected chi connectivity index (χ2v) is 5.74. The number of benzene rings is 2. The Balaban J connectivity index is 1.82. The summed E-state index contributed by atoms with van der Waals surface area (Å²) in [4.78, 5) is 11.9. The summed E-state index contributed by atoms with van der Waals surface area (Å²) in [5.41, 5.74) is 3.33. The fourth-order valence-corrected chi connectivity index (χ4v) is 2.29. The average molecular weight is 358 g/mol. The second kappa shape index (κ2) is 7.62. The van der Waals surface area contributed by atoms with E-state index in [9.17, 15) is 4.79 Å². The normalized spacial score (nSPS) is 9.86. The molecular formula is C17H16BrN3O. The highest BCUT2D eigenvalue weighted by Gasteiger charge is 2.04. The van der Waals surface area contributed by atoms with Crippen LogP contribution in [0, 0.1) is 18.3 Å². The van der Waals surface area contributed by atoms with Crippen molar-refractivity contribution < 1.29 is 4.79 Å². The van der Waals surface area contributed by atoms with Crippen molar-refractivity contribution in [2.75, 3.05) is 17.2 Å². The van der Waals surface area contributed by atoms with Gasteiger partial charge in [0, 0.05) is 28.8 Å². The fourth-order valence-electron chi connectivity index (χ4n) is 1.91. The predicted molar refractivity (Wildman–Crippen MR) is 91.8 cm³/mol. The zero-order valence-corrected chi connectivity index (χ0v) is 13.8. The van der Waals surface area contributed by atoms with E-state index in [1.807, 2.05) is 37.3 Å². The minimum atomic E-state index is -0.0558. The number of nitrogens with one attached hydrogen (secondary N) is 2. The van der Waals surface area contributed by atoms with E-state index in [0.717, 1.165) is 21.4 Å². The van der Waals surface area contributed by atoms with Crippen molar-refractivity contribution in [2.45, 2.75) is 13.3 Å². The first-order valence-corrected chi connectivity index (χ1v) is 7.68. The Morgan fingerprint density at radius 2 is 2.05 bits per heavy atom. The molecule has 22 heavy (non-hydrogen) atoms. The van der Waals surface area contributed by atoms with Crippen LogP contribution in [0.15, 0.2) is 46.9 Å². The summed E-state index contributed by atoms with van der Waals surface area (Å²) in [6, 6.07) is 15.0. The Morgan fingerprint density at radius 1 is 1.23 bits per heavy atom. The maximum absolute atomic E-state index is 11.9. The Hall–Kier alpha value is -2.32. The molecule has 2 aromatic rings. The Kier molecular flexibility index (Phi) is 5.56. The van der Waals surface area contributed by atoms with Gasteiger partial charge in [0.15, 0.2) is 0 Å². The number of carbonyl (C=O) groups excluding carboxylic acids is 1. The Bertz CT molecular complexity index is 722. The molecule has 2 aromatic carbocycles. The molecule has 0 spiro atoms. The number of nitriles is 1. The smallest absolute Gasteiger partial charge is 0.226 e. The van der Waals surface area contributed by atoms with Crippen LogP contribution in [0.25, 0.3) is 0 Å². The molecule has 2 N–H and O–H groups in total. The van der Waals surface area contributed by atoms with Gasteiger partial charge in [-0.1, -0.05) is 28.1 Å². The lowest BCUT2D eigenvalue weighted by Crippen LogP contribution is -2.16. The van der Waals surface area contributed by atoms with E-state index in [4.69, 9.17) is 5.26 Å². The molecule has 5 heteroatoms. The highest BCUT2D eigenvalue weighted by Crippen LogP contribution is 2.20. The van der Waals surface area contributed by atoms with Crippen LogP contribution in [0.2, 0.25) is 0 Å². The van der Waals surface area contributed by atoms with E-state index in [2.05, 4.69) is 32.6 Å². The first-order chi connectivity index (χ1) is 10.6. The zero-order chi connectivity index (χ0) is 15.9. The van der Waals surface area contributed by atoms with Gasteiger partial charge in [-0.25, -0.2) is 0 Å². The van der Waals surface area contributed by atoms with Crippen LogP contribution in [0.5, 0.6) is 0 Å². The second-order valence-electron chi connectivity index (χ2n) is 4.88. The van der Waals surface area contributed by atoms with Crippen molar-refractivity contribution in [3.05, 3.63) is 58.1 Å². The maximum atomic E-state index is 11.9. The Labute approximate surface area is 138 Å². The number of amides is 1. The summed E-state index contributed by atoms with van der Waals surface area (Å²) in [5.74, 6) is -0.0558. The third kappa shape index (κ3) is 4.61. The van der Waals surface area contributed by atoms with Gasteiger partial charge in [-0.3, -0.25) is 4.79 Å². The molecule has 112 valence electrons. The summed E-state index contributed by atoms with van der Waals surface area (Å²) in [5, 5.41) is 14.8. The van der Waals surface area contributed by atoms with Gasteiger partial charge in [0.1, 0.15) is 0 Å². The van der Waals surface area contributed by atoms with E-state index in [-0.39, 0.29) is 5.91 Å². The molecule has 0 fully saturated rings. The number of hydrogen-bond acceptors (Lipinski definition) is 3. The van der Waals surface area contributed by atoms with E-state index < -0.39 is 0 Å². The molecule has 0 radical (unpaired) electrons. The summed E-state index contributed by atoms with van der Waals surface area (Å²) in [7, 11) is 0. The standard InChI is InChI=1S/C17H16BrN3O/c1-12-5-6-15(10-16(12)18)21-17(22)7-8-20-14-4-2-3-13(9-14)11-19/h2-6,9-10,20H,7-8H2,1H3,(H,21,22). The summed E-state index contributed by atoms with van der Waals surface area (Å²) < 4.78 is 0.969. The SMILES string of the molecule is Cc1ccc(NC(=O)CCNc2cccc(C#N)c2)cc1Br. The highest BCUT2D eigenvalue weighted by atomic mass is 79.9. The van der Waals surface area contributed by atoms with Crippen molar-refractivity contribution >= 4 is 33.2 Å². The molecule has 0 bridgehead atoms. The summed E-state index contributed by atoms with van der Waals surface area (Å²) in [6.07, 6.45) is 0.349. The molecule has 0 saturated carbocycles. The van der Waals surface area contributed by atoms with Crippen molar-refractivity contribution in [3.8, 4) is 6.07 Å². The quantitative estimate of drug-likeness (QED) is 0.847. The van der Waals surface area contributed by atoms with E-state index in [0.29, 0.717) is 18.5 Å². The molecule has 0 aliphatic carbocycles. The fraction of sp³-hybridized carbons (Fsp3) is 0.176. The molecule has 0 aliphatic rings. The molecule has 0 unspecified atom stereocenters. The van der Waals surface area contributed by atoms with E-state index in [1.54, 1.807) is 12.1 Å². The molecule has 0 heterocycles. The number of aryl methyl sites for hydroxylation is 1. The van der Waals surface area contributed by atoms with Crippen LogP contribution in [-0.2, 0) is 4.79 Å². The number of nitrogens with zero attached hydrogens (tertiary/aromatic N) is 1. The molecule has 0 saturated heterocycles. The molecule has 4 nitrogen and oxygen atoms in total. The van der Waals surface area contributed by atoms with Crippen LogP contribution in [-0.4, -0.2) is 12.5 Å². The third-order valence-corrected chi connectivity index (χ3v) is 3.98. The zero-order valence-electron chi connectivity index (χ0n) is 12.2. The summed E-state index contributed by atoms with van der Waals surface area (Å²) in [6.45, 7) is 2.50. The molecule has 1 amide bonds. The molecule has 0 aliphatic heterocycles. The van der Waals surface area contributed by atoms with Crippen LogP contribution in [0.4, 0.5) is 11.4 Å². The number of halogens is 1. The monoisotopic (exact) mass is 357 g/mol. The Morgan fingerprint density at radius 3 is 2.77 bits per heavy atom. The lowest BCUT2D eigenvalue weighted by atomic mass is 10.2. The lowest BCUT2D eigenvalue weighted by molar-refractivity contribution is -0.115. The van der Waals surface area contributed by atoms with Crippen LogP contribution in [0.1, 0.15) is 17.5 Å². The van der Waals surface area contributed by atoms with Gasteiger partial charge in [-0.05, 0) is 42.8 Å².